The van der Waals surface area contributed by atoms with E-state index in [0.29, 0.717) is 29.3 Å². The van der Waals surface area contributed by atoms with E-state index in [2.05, 4.69) is 19.2 Å². The zero-order valence-electron chi connectivity index (χ0n) is 12.6. The molecule has 6 heteroatoms. The summed E-state index contributed by atoms with van der Waals surface area (Å²) in [6.07, 6.45) is 2.01. The summed E-state index contributed by atoms with van der Waals surface area (Å²) in [7, 11) is 3.03. The smallest absolute Gasteiger partial charge is 0.253 e. The van der Waals surface area contributed by atoms with Gasteiger partial charge in [0.25, 0.3) is 5.91 Å². The third-order valence-electron chi connectivity index (χ3n) is 3.04. The Labute approximate surface area is 124 Å². The number of hydrogen-bond acceptors (Lipinski definition) is 5. The van der Waals surface area contributed by atoms with Crippen LogP contribution in [0, 0.1) is 0 Å². The maximum Gasteiger partial charge on any atom is 0.253 e. The van der Waals surface area contributed by atoms with Gasteiger partial charge in [-0.2, -0.15) is 11.8 Å². The molecule has 0 atom stereocenters. The van der Waals surface area contributed by atoms with Gasteiger partial charge in [0.15, 0.2) is 0 Å². The molecule has 0 unspecified atom stereocenters. The number of anilines is 1. The number of nitrogen functional groups attached to an aromatic ring is 1. The molecule has 0 aromatic heterocycles. The highest BCUT2D eigenvalue weighted by molar-refractivity contribution is 7.99. The first-order valence-corrected chi connectivity index (χ1v) is 7.42. The van der Waals surface area contributed by atoms with Crippen LogP contribution in [0.1, 0.15) is 24.2 Å². The summed E-state index contributed by atoms with van der Waals surface area (Å²) < 4.78 is 10.3. The Morgan fingerprint density at radius 1 is 1.35 bits per heavy atom. The molecular formula is C14H22N2O3S. The molecule has 0 saturated carbocycles. The van der Waals surface area contributed by atoms with E-state index in [1.165, 1.54) is 14.2 Å². The lowest BCUT2D eigenvalue weighted by Gasteiger charge is -2.22. The number of carbonyl (C=O) groups excluding carboxylic acids is 1. The average molecular weight is 298 g/mol. The second-order valence-corrected chi connectivity index (χ2v) is 6.45. The highest BCUT2D eigenvalue weighted by atomic mass is 32.2. The first-order valence-electron chi connectivity index (χ1n) is 6.19. The SMILES string of the molecule is COc1cc(OC)c(N)c(C(=O)NCC(C)(C)SC)c1. The number of rotatable bonds is 6. The summed E-state index contributed by atoms with van der Waals surface area (Å²) in [5.74, 6) is 0.728. The molecule has 0 fully saturated rings. The van der Waals surface area contributed by atoms with Crippen molar-refractivity contribution >= 4 is 23.4 Å². The molecule has 1 rings (SSSR count). The molecule has 0 aliphatic heterocycles. The Morgan fingerprint density at radius 2 is 2.00 bits per heavy atom. The predicted molar refractivity (Wildman–Crippen MR) is 83.9 cm³/mol. The zero-order valence-corrected chi connectivity index (χ0v) is 13.4. The number of methoxy groups -OCH3 is 2. The molecule has 5 nitrogen and oxygen atoms in total. The van der Waals surface area contributed by atoms with Crippen LogP contribution in [0.2, 0.25) is 0 Å². The van der Waals surface area contributed by atoms with Crippen molar-refractivity contribution in [1.82, 2.24) is 5.32 Å². The van der Waals surface area contributed by atoms with Crippen molar-refractivity contribution in [3.8, 4) is 11.5 Å². The first kappa shape index (κ1) is 16.5. The quantitative estimate of drug-likeness (QED) is 0.787. The Balaban J connectivity index is 2.97. The van der Waals surface area contributed by atoms with Crippen molar-refractivity contribution in [2.45, 2.75) is 18.6 Å². The summed E-state index contributed by atoms with van der Waals surface area (Å²) in [5, 5.41) is 2.88. The highest BCUT2D eigenvalue weighted by Gasteiger charge is 2.20. The van der Waals surface area contributed by atoms with E-state index in [-0.39, 0.29) is 10.7 Å². The number of nitrogens with two attached hydrogens (primary N) is 1. The fraction of sp³-hybridized carbons (Fsp3) is 0.500. The number of hydrogen-bond donors (Lipinski definition) is 2. The average Bonchev–Trinajstić information content (AvgIpc) is 2.45. The highest BCUT2D eigenvalue weighted by Crippen LogP contribution is 2.31. The van der Waals surface area contributed by atoms with Gasteiger partial charge in [-0.1, -0.05) is 0 Å². The summed E-state index contributed by atoms with van der Waals surface area (Å²) in [6.45, 7) is 4.67. The van der Waals surface area contributed by atoms with Gasteiger partial charge in [-0.15, -0.1) is 0 Å². The van der Waals surface area contributed by atoms with Gasteiger partial charge in [0, 0.05) is 17.4 Å². The van der Waals surface area contributed by atoms with E-state index < -0.39 is 0 Å². The molecule has 1 aromatic rings. The van der Waals surface area contributed by atoms with Gasteiger partial charge in [0.2, 0.25) is 0 Å². The molecule has 0 saturated heterocycles. The van der Waals surface area contributed by atoms with E-state index in [4.69, 9.17) is 15.2 Å². The second-order valence-electron chi connectivity index (χ2n) is 4.94. The Bertz CT molecular complexity index is 490. The monoisotopic (exact) mass is 298 g/mol. The molecule has 20 heavy (non-hydrogen) atoms. The lowest BCUT2D eigenvalue weighted by atomic mass is 10.1. The van der Waals surface area contributed by atoms with Crippen LogP contribution < -0.4 is 20.5 Å². The molecule has 0 spiro atoms. The number of ether oxygens (including phenoxy) is 2. The molecule has 1 aromatic carbocycles. The number of nitrogens with one attached hydrogen (secondary N) is 1. The molecule has 112 valence electrons. The molecule has 0 bridgehead atoms. The Hall–Kier alpha value is -1.56. The molecule has 0 heterocycles. The molecule has 0 aliphatic rings. The maximum absolute atomic E-state index is 12.3. The minimum Gasteiger partial charge on any atom is -0.497 e. The third-order valence-corrected chi connectivity index (χ3v) is 4.29. The van der Waals surface area contributed by atoms with Crippen LogP contribution in [0.3, 0.4) is 0 Å². The van der Waals surface area contributed by atoms with Gasteiger partial charge < -0.3 is 20.5 Å². The number of amides is 1. The van der Waals surface area contributed by atoms with Crippen LogP contribution in [0.25, 0.3) is 0 Å². The van der Waals surface area contributed by atoms with E-state index in [9.17, 15) is 4.79 Å². The molecule has 0 aliphatic carbocycles. The fourth-order valence-electron chi connectivity index (χ4n) is 1.54. The second kappa shape index (κ2) is 6.74. The fourth-order valence-corrected chi connectivity index (χ4v) is 1.75. The van der Waals surface area contributed by atoms with Gasteiger partial charge in [-0.05, 0) is 26.2 Å². The van der Waals surface area contributed by atoms with Gasteiger partial charge in [-0.25, -0.2) is 0 Å². The van der Waals surface area contributed by atoms with Crippen molar-refractivity contribution in [3.05, 3.63) is 17.7 Å². The van der Waals surface area contributed by atoms with Crippen molar-refractivity contribution in [2.24, 2.45) is 0 Å². The Kier molecular flexibility index (Phi) is 5.56. The van der Waals surface area contributed by atoms with Gasteiger partial charge in [0.1, 0.15) is 11.5 Å². The predicted octanol–water partition coefficient (Wildman–Crippen LogP) is 2.16. The van der Waals surface area contributed by atoms with E-state index in [1.54, 1.807) is 23.9 Å². The van der Waals surface area contributed by atoms with Crippen LogP contribution in [0.5, 0.6) is 11.5 Å². The number of carbonyl (C=O) groups is 1. The number of thioether (sulfide) groups is 1. The standard InChI is InChI=1S/C14H22N2O3S/c1-14(2,20-5)8-16-13(17)10-6-9(18-3)7-11(19-4)12(10)15/h6-7H,8,15H2,1-5H3,(H,16,17). The van der Waals surface area contributed by atoms with Gasteiger partial charge >= 0.3 is 0 Å². The minimum absolute atomic E-state index is 0.0344. The van der Waals surface area contributed by atoms with Crippen LogP contribution in [0.15, 0.2) is 12.1 Å². The summed E-state index contributed by atoms with van der Waals surface area (Å²) in [4.78, 5) is 12.3. The van der Waals surface area contributed by atoms with E-state index >= 15 is 0 Å². The summed E-state index contributed by atoms with van der Waals surface area (Å²) in [6, 6.07) is 3.26. The van der Waals surface area contributed by atoms with Crippen molar-refractivity contribution in [3.63, 3.8) is 0 Å². The topological polar surface area (TPSA) is 73.6 Å². The van der Waals surface area contributed by atoms with E-state index in [0.717, 1.165) is 0 Å². The zero-order chi connectivity index (χ0) is 15.3. The van der Waals surface area contributed by atoms with Crippen molar-refractivity contribution < 1.29 is 14.3 Å². The normalized spacial score (nSPS) is 11.1. The van der Waals surface area contributed by atoms with Crippen molar-refractivity contribution in [1.29, 1.82) is 0 Å². The summed E-state index contributed by atoms with van der Waals surface area (Å²) >= 11 is 1.69. The minimum atomic E-state index is -0.234. The van der Waals surface area contributed by atoms with Gasteiger partial charge in [0.05, 0.1) is 25.5 Å². The van der Waals surface area contributed by atoms with E-state index in [1.807, 2.05) is 6.26 Å². The number of benzene rings is 1. The van der Waals surface area contributed by atoms with Crippen LogP contribution in [-0.4, -0.2) is 37.7 Å². The molecule has 1 amide bonds. The lowest BCUT2D eigenvalue weighted by Crippen LogP contribution is -2.36. The summed E-state index contributed by atoms with van der Waals surface area (Å²) in [5.41, 5.74) is 6.62. The maximum atomic E-state index is 12.3. The largest absolute Gasteiger partial charge is 0.497 e. The third kappa shape index (κ3) is 3.96. The van der Waals surface area contributed by atoms with Crippen LogP contribution >= 0.6 is 11.8 Å². The first-order chi connectivity index (χ1) is 9.34. The lowest BCUT2D eigenvalue weighted by molar-refractivity contribution is 0.0951. The van der Waals surface area contributed by atoms with Crippen LogP contribution in [0.4, 0.5) is 5.69 Å². The Morgan fingerprint density at radius 3 is 2.50 bits per heavy atom. The molecule has 0 radical (unpaired) electrons. The van der Waals surface area contributed by atoms with Gasteiger partial charge in [-0.3, -0.25) is 4.79 Å². The molecular weight excluding hydrogens is 276 g/mol. The van der Waals surface area contributed by atoms with Crippen molar-refractivity contribution in [2.75, 3.05) is 32.8 Å². The molecule has 3 N–H and O–H groups in total. The van der Waals surface area contributed by atoms with Crippen LogP contribution in [-0.2, 0) is 0 Å².